The van der Waals surface area contributed by atoms with E-state index < -0.39 is 0 Å². The number of aryl methyl sites for hydroxylation is 1. The van der Waals surface area contributed by atoms with Crippen molar-refractivity contribution in [3.63, 3.8) is 0 Å². The van der Waals surface area contributed by atoms with Gasteiger partial charge in [-0.1, -0.05) is 24.3 Å². The second kappa shape index (κ2) is 8.84. The highest BCUT2D eigenvalue weighted by molar-refractivity contribution is 5.85. The lowest BCUT2D eigenvalue weighted by Gasteiger charge is -2.36. The molecule has 0 spiro atoms. The molecule has 0 bridgehead atoms. The van der Waals surface area contributed by atoms with Crippen LogP contribution in [-0.4, -0.2) is 43.2 Å². The molecule has 1 atom stereocenters. The molecule has 1 aromatic rings. The third-order valence-electron chi connectivity index (χ3n) is 5.49. The molecule has 2 heterocycles. The standard InChI is InChI=1S/C19H28N2O2.ClH/c1-14-4-2-3-5-17(14)15-6-10-21(11-7-15)19(22)18(20)16-8-12-23-13-9-16;/h2-5,15-16,18H,6-13,20H2,1H3;1H. The number of ether oxygens (including phenoxy) is 1. The average Bonchev–Trinajstić information content (AvgIpc) is 2.62. The van der Waals surface area contributed by atoms with Crippen LogP contribution < -0.4 is 5.73 Å². The van der Waals surface area contributed by atoms with Crippen molar-refractivity contribution in [2.24, 2.45) is 11.7 Å². The first-order valence-corrected chi connectivity index (χ1v) is 8.84. The minimum absolute atomic E-state index is 0. The van der Waals surface area contributed by atoms with Crippen LogP contribution in [0.3, 0.4) is 0 Å². The molecule has 2 fully saturated rings. The third-order valence-corrected chi connectivity index (χ3v) is 5.49. The summed E-state index contributed by atoms with van der Waals surface area (Å²) in [6, 6.07) is 8.25. The Hall–Kier alpha value is -1.10. The normalized spacial score (nSPS) is 21.2. The fourth-order valence-corrected chi connectivity index (χ4v) is 3.94. The van der Waals surface area contributed by atoms with Gasteiger partial charge in [0.2, 0.25) is 5.91 Å². The topological polar surface area (TPSA) is 55.6 Å². The van der Waals surface area contributed by atoms with E-state index in [9.17, 15) is 4.79 Å². The molecule has 4 nitrogen and oxygen atoms in total. The summed E-state index contributed by atoms with van der Waals surface area (Å²) in [5.41, 5.74) is 9.04. The monoisotopic (exact) mass is 352 g/mol. The Bertz CT molecular complexity index is 538. The predicted octanol–water partition coefficient (Wildman–Crippen LogP) is 2.88. The first kappa shape index (κ1) is 19.2. The smallest absolute Gasteiger partial charge is 0.239 e. The Kier molecular flexibility index (Phi) is 7.08. The molecule has 2 saturated heterocycles. The number of benzene rings is 1. The second-order valence-corrected chi connectivity index (χ2v) is 6.93. The summed E-state index contributed by atoms with van der Waals surface area (Å²) in [5.74, 6) is 0.991. The van der Waals surface area contributed by atoms with Gasteiger partial charge in [0.1, 0.15) is 0 Å². The molecule has 0 aliphatic carbocycles. The van der Waals surface area contributed by atoms with Crippen molar-refractivity contribution in [1.82, 2.24) is 4.90 Å². The number of hydrogen-bond acceptors (Lipinski definition) is 3. The van der Waals surface area contributed by atoms with Crippen LogP contribution in [-0.2, 0) is 9.53 Å². The van der Waals surface area contributed by atoms with Crippen molar-refractivity contribution >= 4 is 18.3 Å². The van der Waals surface area contributed by atoms with Crippen molar-refractivity contribution in [3.05, 3.63) is 35.4 Å². The Morgan fingerprint density at radius 3 is 2.42 bits per heavy atom. The SMILES string of the molecule is Cc1ccccc1C1CCN(C(=O)C(N)C2CCOCC2)CC1.Cl. The van der Waals surface area contributed by atoms with Crippen LogP contribution in [0.4, 0.5) is 0 Å². The van der Waals surface area contributed by atoms with E-state index in [0.29, 0.717) is 5.92 Å². The molecule has 3 rings (SSSR count). The van der Waals surface area contributed by atoms with Crippen molar-refractivity contribution in [2.75, 3.05) is 26.3 Å². The molecule has 2 N–H and O–H groups in total. The number of likely N-dealkylation sites (tertiary alicyclic amines) is 1. The predicted molar refractivity (Wildman–Crippen MR) is 98.5 cm³/mol. The van der Waals surface area contributed by atoms with Gasteiger partial charge in [-0.15, -0.1) is 12.4 Å². The Morgan fingerprint density at radius 1 is 1.17 bits per heavy atom. The maximum atomic E-state index is 12.7. The zero-order valence-electron chi connectivity index (χ0n) is 14.4. The number of amides is 1. The van der Waals surface area contributed by atoms with Crippen LogP contribution in [0.25, 0.3) is 0 Å². The van der Waals surface area contributed by atoms with E-state index in [1.165, 1.54) is 11.1 Å². The Labute approximate surface area is 151 Å². The minimum atomic E-state index is -0.353. The first-order chi connectivity index (χ1) is 11.2. The third kappa shape index (κ3) is 4.29. The summed E-state index contributed by atoms with van der Waals surface area (Å²) >= 11 is 0. The van der Waals surface area contributed by atoms with E-state index in [1.54, 1.807) is 0 Å². The highest BCUT2D eigenvalue weighted by Crippen LogP contribution is 2.30. The van der Waals surface area contributed by atoms with E-state index in [0.717, 1.165) is 52.0 Å². The molecule has 134 valence electrons. The van der Waals surface area contributed by atoms with Crippen LogP contribution in [0, 0.1) is 12.8 Å². The van der Waals surface area contributed by atoms with Gasteiger partial charge in [0, 0.05) is 26.3 Å². The van der Waals surface area contributed by atoms with Gasteiger partial charge in [0.05, 0.1) is 6.04 Å². The second-order valence-electron chi connectivity index (χ2n) is 6.93. The number of carbonyl (C=O) groups excluding carboxylic acids is 1. The zero-order valence-corrected chi connectivity index (χ0v) is 15.3. The maximum absolute atomic E-state index is 12.7. The Balaban J connectivity index is 0.00000208. The number of nitrogens with two attached hydrogens (primary N) is 1. The molecule has 0 radical (unpaired) electrons. The Morgan fingerprint density at radius 2 is 1.79 bits per heavy atom. The average molecular weight is 353 g/mol. The molecule has 24 heavy (non-hydrogen) atoms. The summed E-state index contributed by atoms with van der Waals surface area (Å²) < 4.78 is 5.37. The van der Waals surface area contributed by atoms with Crippen LogP contribution >= 0.6 is 12.4 Å². The van der Waals surface area contributed by atoms with Gasteiger partial charge in [-0.2, -0.15) is 0 Å². The van der Waals surface area contributed by atoms with Gasteiger partial charge in [-0.3, -0.25) is 4.79 Å². The van der Waals surface area contributed by atoms with Gasteiger partial charge >= 0.3 is 0 Å². The van der Waals surface area contributed by atoms with Crippen LogP contribution in [0.1, 0.15) is 42.7 Å². The molecular weight excluding hydrogens is 324 g/mol. The molecule has 1 unspecified atom stereocenters. The lowest BCUT2D eigenvalue weighted by molar-refractivity contribution is -0.135. The molecule has 2 aliphatic heterocycles. The zero-order chi connectivity index (χ0) is 16.2. The highest BCUT2D eigenvalue weighted by atomic mass is 35.5. The number of rotatable bonds is 3. The lowest BCUT2D eigenvalue weighted by Crippen LogP contribution is -2.51. The quantitative estimate of drug-likeness (QED) is 0.910. The van der Waals surface area contributed by atoms with Crippen molar-refractivity contribution < 1.29 is 9.53 Å². The van der Waals surface area contributed by atoms with Gasteiger partial charge in [-0.25, -0.2) is 0 Å². The maximum Gasteiger partial charge on any atom is 0.239 e. The molecule has 2 aliphatic rings. The number of halogens is 1. The van der Waals surface area contributed by atoms with Gasteiger partial charge in [0.25, 0.3) is 0 Å². The molecule has 5 heteroatoms. The number of carbonyl (C=O) groups is 1. The highest BCUT2D eigenvalue weighted by Gasteiger charge is 2.32. The van der Waals surface area contributed by atoms with E-state index in [4.69, 9.17) is 10.5 Å². The molecule has 1 aromatic carbocycles. The number of nitrogens with zero attached hydrogens (tertiary/aromatic N) is 1. The number of piperidine rings is 1. The summed E-state index contributed by atoms with van der Waals surface area (Å²) in [4.78, 5) is 14.6. The summed E-state index contributed by atoms with van der Waals surface area (Å²) in [5, 5.41) is 0. The summed E-state index contributed by atoms with van der Waals surface area (Å²) in [6.45, 7) is 5.30. The van der Waals surface area contributed by atoms with Crippen LogP contribution in [0.5, 0.6) is 0 Å². The van der Waals surface area contributed by atoms with Gasteiger partial charge in [0.15, 0.2) is 0 Å². The van der Waals surface area contributed by atoms with Crippen molar-refractivity contribution in [2.45, 2.75) is 44.6 Å². The molecular formula is C19H29ClN2O2. The van der Waals surface area contributed by atoms with E-state index >= 15 is 0 Å². The van der Waals surface area contributed by atoms with E-state index in [-0.39, 0.29) is 30.3 Å². The van der Waals surface area contributed by atoms with Crippen LogP contribution in [0.15, 0.2) is 24.3 Å². The van der Waals surface area contributed by atoms with Crippen LogP contribution in [0.2, 0.25) is 0 Å². The first-order valence-electron chi connectivity index (χ1n) is 8.84. The van der Waals surface area contributed by atoms with E-state index in [2.05, 4.69) is 31.2 Å². The molecule has 0 saturated carbocycles. The lowest BCUT2D eigenvalue weighted by atomic mass is 9.86. The fourth-order valence-electron chi connectivity index (χ4n) is 3.94. The summed E-state index contributed by atoms with van der Waals surface area (Å²) in [7, 11) is 0. The van der Waals surface area contributed by atoms with E-state index in [1.807, 2.05) is 4.90 Å². The minimum Gasteiger partial charge on any atom is -0.381 e. The van der Waals surface area contributed by atoms with Gasteiger partial charge in [-0.05, 0) is 55.6 Å². The molecule has 1 amide bonds. The number of hydrogen-bond donors (Lipinski definition) is 1. The fraction of sp³-hybridized carbons (Fsp3) is 0.632. The van der Waals surface area contributed by atoms with Crippen molar-refractivity contribution in [1.29, 1.82) is 0 Å². The van der Waals surface area contributed by atoms with Crippen molar-refractivity contribution in [3.8, 4) is 0 Å². The molecule has 0 aromatic heterocycles. The summed E-state index contributed by atoms with van der Waals surface area (Å²) in [6.07, 6.45) is 3.90. The largest absolute Gasteiger partial charge is 0.381 e. The van der Waals surface area contributed by atoms with Gasteiger partial charge < -0.3 is 15.4 Å².